The first-order chi connectivity index (χ1) is 21.2. The highest BCUT2D eigenvalue weighted by atomic mass is 79.9. The van der Waals surface area contributed by atoms with E-state index in [1.54, 1.807) is 24.0 Å². The lowest BCUT2D eigenvalue weighted by Gasteiger charge is -2.41. The maximum Gasteiger partial charge on any atom is 0.312 e. The minimum absolute atomic E-state index is 0.0767. The van der Waals surface area contributed by atoms with Crippen LogP contribution in [0.5, 0.6) is 0 Å². The van der Waals surface area contributed by atoms with E-state index in [0.29, 0.717) is 45.2 Å². The summed E-state index contributed by atoms with van der Waals surface area (Å²) in [5.74, 6) is -2.75. The molecule has 1 saturated carbocycles. The molecule has 0 aromatic heterocycles. The van der Waals surface area contributed by atoms with Crippen molar-refractivity contribution in [1.29, 1.82) is 0 Å². The predicted molar refractivity (Wildman–Crippen MR) is 170 cm³/mol. The Labute approximate surface area is 270 Å². The third kappa shape index (κ3) is 7.25. The number of fused-ring (bicyclic) bond motifs is 1. The number of rotatable bonds is 17. The number of ether oxygens (including phenoxy) is 2. The molecule has 11 heteroatoms. The van der Waals surface area contributed by atoms with E-state index in [1.807, 2.05) is 4.90 Å². The second-order valence-corrected chi connectivity index (χ2v) is 14.0. The first-order valence-electron chi connectivity index (χ1n) is 16.4. The van der Waals surface area contributed by atoms with E-state index in [0.717, 1.165) is 44.9 Å². The van der Waals surface area contributed by atoms with Crippen molar-refractivity contribution in [1.82, 2.24) is 15.1 Å². The monoisotopic (exact) mass is 679 g/mol. The standard InChI is InChI=1S/C33H50BrN3O7/c1-4-6-16-25(39)35-21-22(3)43-32(42)26-27-30(40)37(18-12-7-8-13-19-38)29(33(27)20-24(34)28(26)44-33)31(41)36(17-5-2)23-14-10-9-11-15-23/h4-5,22-24,26-29,38H,1-2,6-21H2,3H3,(H,35,39)/t22-,24?,26+,27-,28+,29+,33-/m1/s1. The van der Waals surface area contributed by atoms with Crippen molar-refractivity contribution in [3.63, 3.8) is 0 Å². The number of nitrogens with one attached hydrogen (secondary N) is 1. The van der Waals surface area contributed by atoms with Gasteiger partial charge in [-0.1, -0.05) is 60.2 Å². The summed E-state index contributed by atoms with van der Waals surface area (Å²) in [6.45, 7) is 10.3. The van der Waals surface area contributed by atoms with E-state index < -0.39 is 41.7 Å². The molecule has 1 aliphatic carbocycles. The predicted octanol–water partition coefficient (Wildman–Crippen LogP) is 3.65. The highest BCUT2D eigenvalue weighted by Gasteiger charge is 2.77. The quantitative estimate of drug-likeness (QED) is 0.104. The number of aliphatic hydroxyl groups excluding tert-OH is 1. The van der Waals surface area contributed by atoms with Gasteiger partial charge in [0, 0.05) is 37.0 Å². The van der Waals surface area contributed by atoms with Crippen molar-refractivity contribution in [2.24, 2.45) is 11.8 Å². The zero-order valence-corrected chi connectivity index (χ0v) is 27.7. The molecular weight excluding hydrogens is 630 g/mol. The number of allylic oxidation sites excluding steroid dienone is 1. The Kier molecular flexibility index (Phi) is 12.5. The third-order valence-corrected chi connectivity index (χ3v) is 10.6. The normalized spacial score (nSPS) is 30.1. The van der Waals surface area contributed by atoms with Crippen LogP contribution in [0.1, 0.15) is 84.0 Å². The first-order valence-corrected chi connectivity index (χ1v) is 17.3. The molecule has 0 aromatic rings. The minimum atomic E-state index is -1.14. The van der Waals surface area contributed by atoms with Gasteiger partial charge < -0.3 is 29.7 Å². The average Bonchev–Trinajstić information content (AvgIpc) is 3.61. The van der Waals surface area contributed by atoms with Crippen LogP contribution in [0.2, 0.25) is 0 Å². The number of nitrogens with zero attached hydrogens (tertiary/aromatic N) is 2. The topological polar surface area (TPSA) is 125 Å². The van der Waals surface area contributed by atoms with E-state index in [-0.39, 0.29) is 41.7 Å². The molecule has 246 valence electrons. The molecule has 3 amide bonds. The fourth-order valence-electron chi connectivity index (χ4n) is 7.67. The van der Waals surface area contributed by atoms with E-state index in [4.69, 9.17) is 9.47 Å². The Balaban J connectivity index is 1.58. The van der Waals surface area contributed by atoms with Crippen molar-refractivity contribution in [3.05, 3.63) is 25.3 Å². The summed E-state index contributed by atoms with van der Waals surface area (Å²) in [5.41, 5.74) is -1.14. The summed E-state index contributed by atoms with van der Waals surface area (Å²) in [4.78, 5) is 58.1. The van der Waals surface area contributed by atoms with Gasteiger partial charge >= 0.3 is 5.97 Å². The molecule has 1 unspecified atom stereocenters. The fourth-order valence-corrected chi connectivity index (χ4v) is 8.61. The molecular formula is C33H50BrN3O7. The smallest absolute Gasteiger partial charge is 0.312 e. The minimum Gasteiger partial charge on any atom is -0.460 e. The summed E-state index contributed by atoms with van der Waals surface area (Å²) in [6.07, 6.45) is 11.6. The highest BCUT2D eigenvalue weighted by Crippen LogP contribution is 2.60. The van der Waals surface area contributed by atoms with Gasteiger partial charge in [0.15, 0.2) is 0 Å². The van der Waals surface area contributed by atoms with Gasteiger partial charge in [0.25, 0.3) is 0 Å². The van der Waals surface area contributed by atoms with Gasteiger partial charge in [-0.15, -0.1) is 13.2 Å². The Morgan fingerprint density at radius 3 is 2.59 bits per heavy atom. The molecule has 4 rings (SSSR count). The number of halogens is 1. The summed E-state index contributed by atoms with van der Waals surface area (Å²) >= 11 is 3.73. The number of amides is 3. The van der Waals surface area contributed by atoms with Crippen LogP contribution in [0.25, 0.3) is 0 Å². The van der Waals surface area contributed by atoms with Crippen LogP contribution in [0.3, 0.4) is 0 Å². The number of carbonyl (C=O) groups is 4. The van der Waals surface area contributed by atoms with Gasteiger partial charge in [0.1, 0.15) is 17.7 Å². The molecule has 0 radical (unpaired) electrons. The number of unbranched alkanes of at least 4 members (excludes halogenated alkanes) is 3. The zero-order chi connectivity index (χ0) is 31.9. The number of carbonyl (C=O) groups excluding carboxylic acids is 4. The number of likely N-dealkylation sites (tertiary alicyclic amines) is 1. The van der Waals surface area contributed by atoms with Crippen LogP contribution in [0.4, 0.5) is 0 Å². The lowest BCUT2D eigenvalue weighted by molar-refractivity contribution is -0.159. The number of alkyl halides is 1. The van der Waals surface area contributed by atoms with Crippen LogP contribution in [0, 0.1) is 11.8 Å². The maximum atomic E-state index is 14.6. The maximum absolute atomic E-state index is 14.6. The van der Waals surface area contributed by atoms with Gasteiger partial charge in [0.05, 0.1) is 24.5 Å². The van der Waals surface area contributed by atoms with Gasteiger partial charge in [-0.2, -0.15) is 0 Å². The SMILES string of the molecule is C=CCCC(=O)NC[C@@H](C)OC(=O)[C@@H]1[C@H]2O[C@@]3(CC2Br)[C@H](C(=O)N(CC=C)C2CCCCC2)N(CCCCCCO)C(=O)[C@@H]13. The second-order valence-electron chi connectivity index (χ2n) is 12.8. The molecule has 4 fully saturated rings. The van der Waals surface area contributed by atoms with Crippen LogP contribution < -0.4 is 5.32 Å². The van der Waals surface area contributed by atoms with Crippen molar-refractivity contribution in [2.45, 2.75) is 119 Å². The molecule has 7 atom stereocenters. The molecule has 2 bridgehead atoms. The number of hydrogen-bond acceptors (Lipinski definition) is 7. The molecule has 2 N–H and O–H groups in total. The lowest BCUT2D eigenvalue weighted by atomic mass is 9.70. The molecule has 4 aliphatic rings. The van der Waals surface area contributed by atoms with E-state index in [9.17, 15) is 24.3 Å². The fraction of sp³-hybridized carbons (Fsp3) is 0.758. The number of aliphatic hydroxyl groups is 1. The van der Waals surface area contributed by atoms with Crippen molar-refractivity contribution in [3.8, 4) is 0 Å². The largest absolute Gasteiger partial charge is 0.460 e. The van der Waals surface area contributed by atoms with Crippen LogP contribution in [-0.2, 0) is 28.7 Å². The van der Waals surface area contributed by atoms with Gasteiger partial charge in [-0.25, -0.2) is 0 Å². The molecule has 44 heavy (non-hydrogen) atoms. The van der Waals surface area contributed by atoms with Crippen molar-refractivity contribution < 1.29 is 33.8 Å². The molecule has 3 aliphatic heterocycles. The van der Waals surface area contributed by atoms with Crippen LogP contribution in [-0.4, -0.2) is 99.6 Å². The van der Waals surface area contributed by atoms with Gasteiger partial charge in [0.2, 0.25) is 17.7 Å². The second kappa shape index (κ2) is 15.9. The van der Waals surface area contributed by atoms with Crippen molar-refractivity contribution in [2.75, 3.05) is 26.2 Å². The van der Waals surface area contributed by atoms with Gasteiger partial charge in [-0.05, 0) is 45.4 Å². The number of hydrogen-bond donors (Lipinski definition) is 2. The summed E-state index contributed by atoms with van der Waals surface area (Å²) in [6, 6.07) is -0.767. The zero-order valence-electron chi connectivity index (χ0n) is 26.1. The van der Waals surface area contributed by atoms with E-state index in [2.05, 4.69) is 34.4 Å². The van der Waals surface area contributed by atoms with Gasteiger partial charge in [-0.3, -0.25) is 19.2 Å². The Bertz CT molecular complexity index is 1070. The Morgan fingerprint density at radius 1 is 1.18 bits per heavy atom. The first kappa shape index (κ1) is 34.6. The molecule has 0 aromatic carbocycles. The Hall–Kier alpha value is -2.24. The van der Waals surface area contributed by atoms with E-state index >= 15 is 0 Å². The molecule has 1 spiro atoms. The average molecular weight is 681 g/mol. The molecule has 3 saturated heterocycles. The molecule has 10 nitrogen and oxygen atoms in total. The number of esters is 1. The summed E-state index contributed by atoms with van der Waals surface area (Å²) in [7, 11) is 0. The summed E-state index contributed by atoms with van der Waals surface area (Å²) < 4.78 is 12.5. The summed E-state index contributed by atoms with van der Waals surface area (Å²) in [5, 5.41) is 12.0. The van der Waals surface area contributed by atoms with Crippen molar-refractivity contribution >= 4 is 39.6 Å². The lowest BCUT2D eigenvalue weighted by Crippen LogP contribution is -2.58. The molecule has 3 heterocycles. The third-order valence-electron chi connectivity index (χ3n) is 9.71. The highest BCUT2D eigenvalue weighted by molar-refractivity contribution is 9.09. The van der Waals surface area contributed by atoms with E-state index in [1.165, 1.54) is 0 Å². The van der Waals surface area contributed by atoms with Crippen LogP contribution >= 0.6 is 15.9 Å². The Morgan fingerprint density at radius 2 is 1.91 bits per heavy atom. The van der Waals surface area contributed by atoms with Crippen LogP contribution in [0.15, 0.2) is 25.3 Å².